The van der Waals surface area contributed by atoms with Crippen molar-refractivity contribution in [3.63, 3.8) is 0 Å². The van der Waals surface area contributed by atoms with E-state index in [4.69, 9.17) is 0 Å². The molecule has 0 aromatic heterocycles. The van der Waals surface area contributed by atoms with E-state index in [2.05, 4.69) is 287 Å². The van der Waals surface area contributed by atoms with Gasteiger partial charge in [-0.3, -0.25) is 0 Å². The third kappa shape index (κ3) is 9.12. The predicted molar refractivity (Wildman–Crippen MR) is 361 cm³/mol. The second kappa shape index (κ2) is 21.5. The van der Waals surface area contributed by atoms with Crippen LogP contribution in [-0.2, 0) is 29.1 Å². The van der Waals surface area contributed by atoms with E-state index >= 15 is 0 Å². The molecule has 0 amide bonds. The SMILES string of the molecule is CCCCCc1ccc(N(c2ccc(CCCC)cc2)c2ccc(-c3cc4ccccc4c4c3Bc3cccc5c3N4c3cc4ccccc4cc3C5(c3ccccc3)c3ccccc3)c(Nc3ccc4c(c3)C(C)(C)CCC4(C)C)c2)cc1. The number of hydrogen-bond acceptors (Lipinski definition) is 3. The molecule has 0 saturated heterocycles. The zero-order valence-corrected chi connectivity index (χ0v) is 49.9. The molecule has 1 aliphatic carbocycles. The van der Waals surface area contributed by atoms with Crippen molar-refractivity contribution in [2.45, 2.75) is 116 Å². The molecule has 0 spiro atoms. The standard InChI is InChI=1S/C80H76BN3/c1-7-9-13-24-55-37-42-63(43-38-55)83(62-40-35-54(36-41-62)23-10-8-2)64-44-45-66(73(53-64)82-61-39-46-68-70(52-61)79(5,6)48-47-78(68,3)4)67-49-58-27-20-21-32-65(58)76-75(67)81-72-34-22-33-69-77(72)84(76)74-51-57-26-19-18-25-56(57)50-71(74)80(69,59-28-14-11-15-29-59)60-30-16-12-17-31-60/h11-12,14-22,25-46,49-53,81-82H,7-10,13,23-24,47-48H2,1-6H3. The Bertz CT molecular complexity index is 4210. The lowest BCUT2D eigenvalue weighted by Gasteiger charge is -2.49. The van der Waals surface area contributed by atoms with Crippen LogP contribution in [0.1, 0.15) is 131 Å². The first-order chi connectivity index (χ1) is 41.0. The zero-order valence-electron chi connectivity index (χ0n) is 49.9. The van der Waals surface area contributed by atoms with Crippen LogP contribution in [0.4, 0.5) is 45.5 Å². The van der Waals surface area contributed by atoms with Crippen molar-refractivity contribution >= 4 is 85.2 Å². The van der Waals surface area contributed by atoms with Crippen LogP contribution in [0.25, 0.3) is 32.7 Å². The number of nitrogens with zero attached hydrogens (tertiary/aromatic N) is 2. The molecule has 2 heterocycles. The summed E-state index contributed by atoms with van der Waals surface area (Å²) in [5.74, 6) is 0. The minimum atomic E-state index is -0.600. The summed E-state index contributed by atoms with van der Waals surface area (Å²) in [6, 6.07) is 88.6. The van der Waals surface area contributed by atoms with Gasteiger partial charge < -0.3 is 15.1 Å². The molecular formula is C80H76BN3. The Morgan fingerprint density at radius 2 is 1.05 bits per heavy atom. The maximum absolute atomic E-state index is 4.22. The maximum atomic E-state index is 4.22. The van der Waals surface area contributed by atoms with Crippen LogP contribution in [0.5, 0.6) is 0 Å². The van der Waals surface area contributed by atoms with Gasteiger partial charge in [-0.15, -0.1) is 0 Å². The van der Waals surface area contributed by atoms with Crippen molar-refractivity contribution in [3.05, 3.63) is 275 Å². The average molecular weight is 1090 g/mol. The largest absolute Gasteiger partial charge is 0.355 e. The molecule has 3 nitrogen and oxygen atoms in total. The van der Waals surface area contributed by atoms with Crippen molar-refractivity contribution in [3.8, 4) is 11.1 Å². The summed E-state index contributed by atoms with van der Waals surface area (Å²) < 4.78 is 0. The normalized spacial score (nSPS) is 14.9. The first-order valence-corrected chi connectivity index (χ1v) is 31.2. The van der Waals surface area contributed by atoms with Crippen molar-refractivity contribution < 1.29 is 0 Å². The minimum absolute atomic E-state index is 0.0499. The summed E-state index contributed by atoms with van der Waals surface area (Å²) in [6.45, 7) is 14.3. The Balaban J connectivity index is 1.01. The summed E-state index contributed by atoms with van der Waals surface area (Å²) in [5, 5.41) is 9.14. The molecule has 3 aliphatic rings. The van der Waals surface area contributed by atoms with Crippen LogP contribution in [0.15, 0.2) is 231 Å². The average Bonchev–Trinajstić information content (AvgIpc) is 0.753. The number of anilines is 8. The minimum Gasteiger partial charge on any atom is -0.355 e. The van der Waals surface area contributed by atoms with Gasteiger partial charge in [-0.2, -0.15) is 0 Å². The van der Waals surface area contributed by atoms with Crippen molar-refractivity contribution in [2.75, 3.05) is 15.1 Å². The van der Waals surface area contributed by atoms with E-state index in [9.17, 15) is 0 Å². The van der Waals surface area contributed by atoms with Crippen LogP contribution in [0.2, 0.25) is 0 Å². The molecule has 84 heavy (non-hydrogen) atoms. The van der Waals surface area contributed by atoms with Gasteiger partial charge in [-0.25, -0.2) is 0 Å². The Morgan fingerprint density at radius 3 is 1.71 bits per heavy atom. The number of hydrogen-bond donors (Lipinski definition) is 1. The van der Waals surface area contributed by atoms with Crippen LogP contribution in [0.3, 0.4) is 0 Å². The molecule has 414 valence electrons. The van der Waals surface area contributed by atoms with Crippen molar-refractivity contribution in [1.82, 2.24) is 0 Å². The Morgan fingerprint density at radius 1 is 0.452 bits per heavy atom. The van der Waals surface area contributed by atoms with Crippen LogP contribution in [0, 0.1) is 0 Å². The van der Waals surface area contributed by atoms with Gasteiger partial charge in [0.1, 0.15) is 0 Å². The summed E-state index contributed by atoms with van der Waals surface area (Å²) in [6.07, 6.45) is 10.6. The second-order valence-electron chi connectivity index (χ2n) is 25.6. The van der Waals surface area contributed by atoms with Crippen molar-refractivity contribution in [1.29, 1.82) is 0 Å². The molecule has 11 aromatic carbocycles. The smallest absolute Gasteiger partial charge is 0.198 e. The number of aryl methyl sites for hydroxylation is 2. The Hall–Kier alpha value is -8.60. The summed E-state index contributed by atoms with van der Waals surface area (Å²) >= 11 is 0. The van der Waals surface area contributed by atoms with Gasteiger partial charge in [-0.1, -0.05) is 230 Å². The number of benzene rings is 11. The number of rotatable bonds is 15. The molecule has 0 atom stereocenters. The molecule has 2 aliphatic heterocycles. The molecule has 4 heteroatoms. The Labute approximate surface area is 499 Å². The number of para-hydroxylation sites is 1. The third-order valence-corrected chi connectivity index (χ3v) is 19.3. The molecule has 0 radical (unpaired) electrons. The molecule has 0 saturated carbocycles. The van der Waals surface area contributed by atoms with Crippen molar-refractivity contribution in [2.24, 2.45) is 0 Å². The van der Waals surface area contributed by atoms with Gasteiger partial charge in [0.05, 0.1) is 11.1 Å². The first kappa shape index (κ1) is 53.4. The molecule has 0 fully saturated rings. The molecule has 1 N–H and O–H groups in total. The van der Waals surface area contributed by atoms with Gasteiger partial charge in [-0.05, 0) is 188 Å². The highest BCUT2D eigenvalue weighted by atomic mass is 15.2. The monoisotopic (exact) mass is 1090 g/mol. The second-order valence-corrected chi connectivity index (χ2v) is 25.6. The molecule has 0 bridgehead atoms. The van der Waals surface area contributed by atoms with E-state index < -0.39 is 5.41 Å². The number of fused-ring (bicyclic) bond motifs is 8. The highest BCUT2D eigenvalue weighted by Crippen LogP contribution is 2.60. The number of unbranched alkanes of at least 4 members (excludes halogenated alkanes) is 3. The summed E-state index contributed by atoms with van der Waals surface area (Å²) in [5.41, 5.74) is 24.8. The van der Waals surface area contributed by atoms with Gasteiger partial charge in [0.25, 0.3) is 0 Å². The maximum Gasteiger partial charge on any atom is 0.198 e. The van der Waals surface area contributed by atoms with E-state index in [0.29, 0.717) is 0 Å². The number of nitrogens with one attached hydrogen (secondary N) is 1. The quantitative estimate of drug-likeness (QED) is 0.0815. The molecule has 0 unspecified atom stereocenters. The van der Waals surface area contributed by atoms with E-state index in [1.54, 1.807) is 0 Å². The lowest BCUT2D eigenvalue weighted by molar-refractivity contribution is 0.332. The van der Waals surface area contributed by atoms with Crippen LogP contribution >= 0.6 is 0 Å². The highest BCUT2D eigenvalue weighted by Gasteiger charge is 2.49. The molecular weight excluding hydrogens is 1010 g/mol. The van der Waals surface area contributed by atoms with E-state index in [1.165, 1.54) is 144 Å². The van der Waals surface area contributed by atoms with Gasteiger partial charge in [0, 0.05) is 50.8 Å². The highest BCUT2D eigenvalue weighted by molar-refractivity contribution is 6.74. The fourth-order valence-corrected chi connectivity index (χ4v) is 14.8. The predicted octanol–water partition coefficient (Wildman–Crippen LogP) is 20.2. The fraction of sp³-hybridized carbons (Fsp3) is 0.225. The summed E-state index contributed by atoms with van der Waals surface area (Å²) in [4.78, 5) is 5.16. The van der Waals surface area contributed by atoms with Gasteiger partial charge >= 0.3 is 0 Å². The van der Waals surface area contributed by atoms with Crippen LogP contribution in [-0.4, -0.2) is 7.28 Å². The Kier molecular flexibility index (Phi) is 13.7. The molecule has 11 aromatic rings. The zero-order chi connectivity index (χ0) is 57.2. The lowest BCUT2D eigenvalue weighted by atomic mass is 9.53. The first-order valence-electron chi connectivity index (χ1n) is 31.2. The third-order valence-electron chi connectivity index (χ3n) is 19.3. The van der Waals surface area contributed by atoms with E-state index in [1.807, 2.05) is 0 Å². The van der Waals surface area contributed by atoms with E-state index in [-0.39, 0.29) is 10.8 Å². The van der Waals surface area contributed by atoms with Crippen LogP contribution < -0.4 is 26.0 Å². The van der Waals surface area contributed by atoms with E-state index in [0.717, 1.165) is 55.0 Å². The topological polar surface area (TPSA) is 18.5 Å². The molecule has 14 rings (SSSR count). The van der Waals surface area contributed by atoms with Gasteiger partial charge in [0.2, 0.25) is 0 Å². The van der Waals surface area contributed by atoms with Gasteiger partial charge in [0.15, 0.2) is 7.28 Å². The fourth-order valence-electron chi connectivity index (χ4n) is 14.8. The summed E-state index contributed by atoms with van der Waals surface area (Å²) in [7, 11) is 0.766. The lowest BCUT2D eigenvalue weighted by Crippen LogP contribution is -2.47.